The Morgan fingerprint density at radius 2 is 1.88 bits per heavy atom. The predicted octanol–water partition coefficient (Wildman–Crippen LogP) is 3.69. The Hall–Kier alpha value is -2.54. The van der Waals surface area contributed by atoms with E-state index >= 15 is 0 Å². The summed E-state index contributed by atoms with van der Waals surface area (Å²) in [5.74, 6) is -0.824. The molecule has 168 valence electrons. The summed E-state index contributed by atoms with van der Waals surface area (Å²) in [7, 11) is 0. The van der Waals surface area contributed by atoms with E-state index in [2.05, 4.69) is 16.0 Å². The molecular formula is C25H28F2N4O. The second kappa shape index (κ2) is 7.51. The SMILES string of the molecule is O=c1[nH]c(C2=C[C@H](N3CCN(c4cccc(F)c4F)CC3)CC2)nc2c1CC1(CC2)CC1. The van der Waals surface area contributed by atoms with E-state index in [0.29, 0.717) is 30.2 Å². The van der Waals surface area contributed by atoms with Crippen molar-refractivity contribution in [2.45, 2.75) is 51.0 Å². The summed E-state index contributed by atoms with van der Waals surface area (Å²) >= 11 is 0. The average molecular weight is 439 g/mol. The van der Waals surface area contributed by atoms with Crippen LogP contribution in [0.3, 0.4) is 0 Å². The second-order valence-corrected chi connectivity index (χ2v) is 9.91. The molecule has 6 rings (SSSR count). The molecule has 3 aliphatic carbocycles. The Balaban J connectivity index is 1.15. The van der Waals surface area contributed by atoms with E-state index in [1.807, 2.05) is 4.90 Å². The van der Waals surface area contributed by atoms with Gasteiger partial charge in [-0.15, -0.1) is 0 Å². The molecule has 2 aromatic rings. The molecule has 4 aliphatic rings. The zero-order valence-electron chi connectivity index (χ0n) is 18.2. The predicted molar refractivity (Wildman–Crippen MR) is 120 cm³/mol. The molecule has 1 saturated carbocycles. The zero-order chi connectivity index (χ0) is 21.9. The molecule has 1 spiro atoms. The van der Waals surface area contributed by atoms with Gasteiger partial charge in [-0.25, -0.2) is 13.8 Å². The molecular weight excluding hydrogens is 410 g/mol. The average Bonchev–Trinajstić information content (AvgIpc) is 3.36. The topological polar surface area (TPSA) is 52.2 Å². The van der Waals surface area contributed by atoms with Gasteiger partial charge in [0.05, 0.1) is 11.4 Å². The van der Waals surface area contributed by atoms with Crippen molar-refractivity contribution in [3.8, 4) is 0 Å². The van der Waals surface area contributed by atoms with Crippen LogP contribution in [-0.4, -0.2) is 47.1 Å². The van der Waals surface area contributed by atoms with E-state index in [0.717, 1.165) is 73.9 Å². The quantitative estimate of drug-likeness (QED) is 0.794. The van der Waals surface area contributed by atoms with E-state index in [-0.39, 0.29) is 5.56 Å². The molecule has 1 aliphatic heterocycles. The number of hydrogen-bond acceptors (Lipinski definition) is 4. The first-order valence-electron chi connectivity index (χ1n) is 11.8. The highest BCUT2D eigenvalue weighted by Crippen LogP contribution is 2.53. The maximum Gasteiger partial charge on any atom is 0.254 e. The molecule has 2 heterocycles. The molecule has 1 aromatic carbocycles. The van der Waals surface area contributed by atoms with Gasteiger partial charge in [-0.05, 0) is 68.1 Å². The molecule has 1 N–H and O–H groups in total. The van der Waals surface area contributed by atoms with Gasteiger partial charge in [-0.3, -0.25) is 9.69 Å². The minimum atomic E-state index is -0.799. The first-order valence-corrected chi connectivity index (χ1v) is 11.8. The lowest BCUT2D eigenvalue weighted by Crippen LogP contribution is -2.49. The number of halogens is 2. The van der Waals surface area contributed by atoms with Gasteiger partial charge in [0, 0.05) is 37.8 Å². The van der Waals surface area contributed by atoms with Crippen LogP contribution in [0.4, 0.5) is 14.5 Å². The Morgan fingerprint density at radius 3 is 2.66 bits per heavy atom. The first kappa shape index (κ1) is 20.1. The monoisotopic (exact) mass is 438 g/mol. The fraction of sp³-hybridized carbons (Fsp3) is 0.520. The second-order valence-electron chi connectivity index (χ2n) is 9.91. The van der Waals surface area contributed by atoms with Gasteiger partial charge >= 0.3 is 0 Å². The Kier molecular flexibility index (Phi) is 4.72. The van der Waals surface area contributed by atoms with Crippen molar-refractivity contribution in [2.75, 3.05) is 31.1 Å². The summed E-state index contributed by atoms with van der Waals surface area (Å²) in [6, 6.07) is 4.65. The van der Waals surface area contributed by atoms with Crippen LogP contribution in [0.15, 0.2) is 29.1 Å². The van der Waals surface area contributed by atoms with Crippen LogP contribution in [0.2, 0.25) is 0 Å². The number of piperazine rings is 1. The van der Waals surface area contributed by atoms with E-state index < -0.39 is 11.6 Å². The first-order chi connectivity index (χ1) is 15.5. The van der Waals surface area contributed by atoms with Gasteiger partial charge in [0.2, 0.25) is 0 Å². The number of fused-ring (bicyclic) bond motifs is 1. The number of H-pyrrole nitrogens is 1. The molecule has 32 heavy (non-hydrogen) atoms. The van der Waals surface area contributed by atoms with Crippen molar-refractivity contribution in [1.29, 1.82) is 0 Å². The number of nitrogens with zero attached hydrogens (tertiary/aromatic N) is 3. The Bertz CT molecular complexity index is 1150. The summed E-state index contributed by atoms with van der Waals surface area (Å²) in [6.07, 6.45) is 9.61. The van der Waals surface area contributed by atoms with Crippen LogP contribution in [0, 0.1) is 17.0 Å². The smallest absolute Gasteiger partial charge is 0.254 e. The third-order valence-electron chi connectivity index (χ3n) is 7.96. The number of allylic oxidation sites excluding steroid dienone is 1. The molecule has 7 heteroatoms. The molecule has 0 unspecified atom stereocenters. The van der Waals surface area contributed by atoms with E-state index in [4.69, 9.17) is 4.98 Å². The van der Waals surface area contributed by atoms with Crippen molar-refractivity contribution >= 4 is 11.3 Å². The zero-order valence-corrected chi connectivity index (χ0v) is 18.2. The van der Waals surface area contributed by atoms with Gasteiger partial charge in [0.25, 0.3) is 5.56 Å². The maximum absolute atomic E-state index is 14.1. The molecule has 5 nitrogen and oxygen atoms in total. The summed E-state index contributed by atoms with van der Waals surface area (Å²) < 4.78 is 27.7. The van der Waals surface area contributed by atoms with Crippen molar-refractivity contribution in [3.63, 3.8) is 0 Å². The standard InChI is InChI=1S/C25H28F2N4O/c26-19-2-1-3-21(22(19)27)31-12-10-30(11-13-31)17-5-4-16(14-17)23-28-20-6-7-25(8-9-25)15-18(20)24(32)29-23/h1-3,14,17H,4-13,15H2,(H,28,29,32)/t17-/m1/s1. The fourth-order valence-corrected chi connectivity index (χ4v) is 5.75. The van der Waals surface area contributed by atoms with Crippen molar-refractivity contribution < 1.29 is 8.78 Å². The largest absolute Gasteiger partial charge is 0.367 e. The number of nitrogens with one attached hydrogen (secondary N) is 1. The fourth-order valence-electron chi connectivity index (χ4n) is 5.75. The number of benzene rings is 1. The van der Waals surface area contributed by atoms with Crippen LogP contribution >= 0.6 is 0 Å². The minimum absolute atomic E-state index is 0.0473. The van der Waals surface area contributed by atoms with Gasteiger partial charge in [-0.2, -0.15) is 0 Å². The van der Waals surface area contributed by atoms with Crippen molar-refractivity contribution in [1.82, 2.24) is 14.9 Å². The third kappa shape index (κ3) is 3.47. The normalized spacial score (nSPS) is 24.5. The molecule has 1 atom stereocenters. The summed E-state index contributed by atoms with van der Waals surface area (Å²) in [6.45, 7) is 2.91. The molecule has 1 saturated heterocycles. The summed E-state index contributed by atoms with van der Waals surface area (Å²) in [5.41, 5.74) is 3.82. The van der Waals surface area contributed by atoms with E-state index in [1.165, 1.54) is 12.8 Å². The van der Waals surface area contributed by atoms with E-state index in [1.54, 1.807) is 12.1 Å². The molecule has 1 aromatic heterocycles. The summed E-state index contributed by atoms with van der Waals surface area (Å²) in [5, 5.41) is 0. The number of aromatic amines is 1. The van der Waals surface area contributed by atoms with Gasteiger partial charge in [0.1, 0.15) is 5.82 Å². The van der Waals surface area contributed by atoms with Crippen LogP contribution in [-0.2, 0) is 12.8 Å². The number of anilines is 1. The highest BCUT2D eigenvalue weighted by atomic mass is 19.2. The van der Waals surface area contributed by atoms with Gasteiger partial charge < -0.3 is 9.88 Å². The van der Waals surface area contributed by atoms with Crippen molar-refractivity contribution in [2.24, 2.45) is 5.41 Å². The molecule has 0 bridgehead atoms. The van der Waals surface area contributed by atoms with Crippen LogP contribution < -0.4 is 10.5 Å². The molecule has 0 radical (unpaired) electrons. The van der Waals surface area contributed by atoms with Crippen LogP contribution in [0.25, 0.3) is 5.57 Å². The molecule has 0 amide bonds. The van der Waals surface area contributed by atoms with Gasteiger partial charge in [-0.1, -0.05) is 12.1 Å². The molecule has 2 fully saturated rings. The lowest BCUT2D eigenvalue weighted by molar-refractivity contribution is 0.213. The number of aryl methyl sites for hydroxylation is 1. The van der Waals surface area contributed by atoms with Crippen molar-refractivity contribution in [3.05, 3.63) is 63.3 Å². The number of hydrogen-bond donors (Lipinski definition) is 1. The van der Waals surface area contributed by atoms with Crippen LogP contribution in [0.1, 0.15) is 49.2 Å². The Morgan fingerprint density at radius 1 is 1.06 bits per heavy atom. The van der Waals surface area contributed by atoms with E-state index in [9.17, 15) is 13.6 Å². The third-order valence-corrected chi connectivity index (χ3v) is 7.96. The minimum Gasteiger partial charge on any atom is -0.367 e. The lowest BCUT2D eigenvalue weighted by atomic mass is 9.84. The van der Waals surface area contributed by atoms with Crippen LogP contribution in [0.5, 0.6) is 0 Å². The summed E-state index contributed by atoms with van der Waals surface area (Å²) in [4.78, 5) is 25.0. The number of aromatic nitrogens is 2. The van der Waals surface area contributed by atoms with Gasteiger partial charge in [0.15, 0.2) is 11.6 Å². The Labute approximate surface area is 186 Å². The highest BCUT2D eigenvalue weighted by molar-refractivity contribution is 5.63. The number of rotatable bonds is 3. The maximum atomic E-state index is 14.1. The highest BCUT2D eigenvalue weighted by Gasteiger charge is 2.45. The lowest BCUT2D eigenvalue weighted by Gasteiger charge is -2.38.